The van der Waals surface area contributed by atoms with Crippen LogP contribution in [0.5, 0.6) is 5.75 Å². The second-order valence-corrected chi connectivity index (χ2v) is 5.63. The maximum absolute atomic E-state index is 6.28. The van der Waals surface area contributed by atoms with Crippen LogP contribution in [0.25, 0.3) is 0 Å². The number of nitrogens with zero attached hydrogens (tertiary/aromatic N) is 2. The molecule has 0 spiro atoms. The number of hydrogen-bond donors (Lipinski definition) is 1. The average Bonchev–Trinajstić information content (AvgIpc) is 2.80. The summed E-state index contributed by atoms with van der Waals surface area (Å²) < 4.78 is 7.94. The molecule has 2 N–H and O–H groups in total. The Balaban J connectivity index is 1.96. The molecule has 1 aliphatic rings. The molecule has 2 atom stereocenters. The number of aryl methyl sites for hydroxylation is 2. The van der Waals surface area contributed by atoms with Crippen molar-refractivity contribution in [2.75, 3.05) is 0 Å². The quantitative estimate of drug-likeness (QED) is 0.925. The maximum atomic E-state index is 6.28. The number of aromatic nitrogens is 2. The van der Waals surface area contributed by atoms with Crippen molar-refractivity contribution in [2.24, 2.45) is 12.8 Å². The van der Waals surface area contributed by atoms with E-state index in [0.29, 0.717) is 5.02 Å². The van der Waals surface area contributed by atoms with E-state index in [2.05, 4.69) is 12.0 Å². The summed E-state index contributed by atoms with van der Waals surface area (Å²) in [7, 11) is 1.93. The molecule has 20 heavy (non-hydrogen) atoms. The molecule has 106 valence electrons. The molecule has 0 amide bonds. The molecule has 3 rings (SSSR count). The fourth-order valence-electron chi connectivity index (χ4n) is 2.76. The highest BCUT2D eigenvalue weighted by Gasteiger charge is 2.29. The Morgan fingerprint density at radius 3 is 3.00 bits per heavy atom. The number of nitrogens with two attached hydrogens (primary N) is 1. The van der Waals surface area contributed by atoms with E-state index in [1.165, 1.54) is 0 Å². The summed E-state index contributed by atoms with van der Waals surface area (Å²) >= 11 is 6.02. The van der Waals surface area contributed by atoms with E-state index in [-0.39, 0.29) is 12.1 Å². The van der Waals surface area contributed by atoms with Crippen molar-refractivity contribution >= 4 is 11.6 Å². The van der Waals surface area contributed by atoms with Crippen molar-refractivity contribution in [3.05, 3.63) is 46.2 Å². The van der Waals surface area contributed by atoms with Crippen LogP contribution < -0.4 is 10.5 Å². The Bertz CT molecular complexity index is 638. The van der Waals surface area contributed by atoms with Crippen molar-refractivity contribution in [3.63, 3.8) is 0 Å². The molecule has 2 heterocycles. The predicted octanol–water partition coefficient (Wildman–Crippen LogP) is 3.16. The molecule has 2 aromatic rings. The van der Waals surface area contributed by atoms with Crippen molar-refractivity contribution in [1.29, 1.82) is 0 Å². The minimum absolute atomic E-state index is 0.0395. The zero-order valence-electron chi connectivity index (χ0n) is 11.6. The standard InChI is InChI=1S/C15H18ClN3O/c1-3-13-11(8-19(2)18-13)15-7-12(17)10-6-9(16)4-5-14(10)20-15/h4-6,8,12,15H,3,7,17H2,1-2H3/t12-,15?/m1/s1. The molecule has 0 bridgehead atoms. The van der Waals surface area contributed by atoms with Gasteiger partial charge in [-0.05, 0) is 24.6 Å². The molecule has 0 aliphatic carbocycles. The first-order chi connectivity index (χ1) is 9.58. The van der Waals surface area contributed by atoms with Gasteiger partial charge in [-0.2, -0.15) is 5.10 Å². The van der Waals surface area contributed by atoms with E-state index in [1.54, 1.807) is 0 Å². The SMILES string of the molecule is CCc1nn(C)cc1C1C[C@@H](N)c2cc(Cl)ccc2O1. The van der Waals surface area contributed by atoms with Crippen LogP contribution in [-0.4, -0.2) is 9.78 Å². The molecule has 0 fully saturated rings. The van der Waals surface area contributed by atoms with E-state index in [4.69, 9.17) is 22.1 Å². The summed E-state index contributed by atoms with van der Waals surface area (Å²) in [5.74, 6) is 0.823. The van der Waals surface area contributed by atoms with E-state index in [1.807, 2.05) is 36.1 Å². The summed E-state index contributed by atoms with van der Waals surface area (Å²) in [6.07, 6.45) is 3.62. The third-order valence-electron chi connectivity index (χ3n) is 3.73. The van der Waals surface area contributed by atoms with Crippen LogP contribution in [0.15, 0.2) is 24.4 Å². The van der Waals surface area contributed by atoms with Gasteiger partial charge < -0.3 is 10.5 Å². The Hall–Kier alpha value is -1.52. The van der Waals surface area contributed by atoms with E-state index >= 15 is 0 Å². The van der Waals surface area contributed by atoms with Crippen molar-refractivity contribution in [3.8, 4) is 5.75 Å². The first-order valence-electron chi connectivity index (χ1n) is 6.82. The van der Waals surface area contributed by atoms with Gasteiger partial charge in [0, 0.05) is 41.9 Å². The highest BCUT2D eigenvalue weighted by Crippen LogP contribution is 2.41. The lowest BCUT2D eigenvalue weighted by molar-refractivity contribution is 0.160. The number of rotatable bonds is 2. The molecule has 0 saturated heterocycles. The smallest absolute Gasteiger partial charge is 0.129 e. The van der Waals surface area contributed by atoms with E-state index in [9.17, 15) is 0 Å². The van der Waals surface area contributed by atoms with Crippen molar-refractivity contribution in [1.82, 2.24) is 9.78 Å². The number of halogens is 1. The third-order valence-corrected chi connectivity index (χ3v) is 3.96. The molecule has 1 aromatic heterocycles. The van der Waals surface area contributed by atoms with Gasteiger partial charge in [0.05, 0.1) is 5.69 Å². The van der Waals surface area contributed by atoms with Crippen molar-refractivity contribution < 1.29 is 4.74 Å². The minimum Gasteiger partial charge on any atom is -0.485 e. The zero-order chi connectivity index (χ0) is 14.3. The summed E-state index contributed by atoms with van der Waals surface area (Å²) in [4.78, 5) is 0. The first kappa shape index (κ1) is 13.5. The Morgan fingerprint density at radius 2 is 2.25 bits per heavy atom. The fraction of sp³-hybridized carbons (Fsp3) is 0.400. The van der Waals surface area contributed by atoms with Gasteiger partial charge in [-0.1, -0.05) is 18.5 Å². The number of fused-ring (bicyclic) bond motifs is 1. The van der Waals surface area contributed by atoms with E-state index < -0.39 is 0 Å². The van der Waals surface area contributed by atoms with Crippen LogP contribution >= 0.6 is 11.6 Å². The Morgan fingerprint density at radius 1 is 1.45 bits per heavy atom. The average molecular weight is 292 g/mol. The van der Waals surface area contributed by atoms with Gasteiger partial charge >= 0.3 is 0 Å². The predicted molar refractivity (Wildman–Crippen MR) is 79.0 cm³/mol. The zero-order valence-corrected chi connectivity index (χ0v) is 12.4. The Labute approximate surface area is 123 Å². The summed E-state index contributed by atoms with van der Waals surface area (Å²) in [6, 6.07) is 5.56. The second-order valence-electron chi connectivity index (χ2n) is 5.19. The molecule has 1 aliphatic heterocycles. The summed E-state index contributed by atoms with van der Waals surface area (Å²) in [6.45, 7) is 2.10. The third kappa shape index (κ3) is 2.30. The molecule has 1 aromatic carbocycles. The summed E-state index contributed by atoms with van der Waals surface area (Å²) in [5.41, 5.74) is 9.46. The van der Waals surface area contributed by atoms with Crippen LogP contribution in [-0.2, 0) is 13.5 Å². The van der Waals surface area contributed by atoms with Gasteiger partial charge in [0.15, 0.2) is 0 Å². The van der Waals surface area contributed by atoms with Crippen LogP contribution in [0, 0.1) is 0 Å². The maximum Gasteiger partial charge on any atom is 0.129 e. The van der Waals surface area contributed by atoms with E-state index in [0.717, 1.165) is 35.4 Å². The number of hydrogen-bond acceptors (Lipinski definition) is 3. The molecule has 1 unspecified atom stereocenters. The Kier molecular flexibility index (Phi) is 3.44. The largest absolute Gasteiger partial charge is 0.485 e. The lowest BCUT2D eigenvalue weighted by atomic mass is 9.93. The lowest BCUT2D eigenvalue weighted by Crippen LogP contribution is -2.24. The highest BCUT2D eigenvalue weighted by atomic mass is 35.5. The van der Waals surface area contributed by atoms with Crippen LogP contribution in [0.3, 0.4) is 0 Å². The van der Waals surface area contributed by atoms with Gasteiger partial charge in [0.2, 0.25) is 0 Å². The second kappa shape index (κ2) is 5.11. The summed E-state index contributed by atoms with van der Waals surface area (Å²) in [5, 5.41) is 5.17. The highest BCUT2D eigenvalue weighted by molar-refractivity contribution is 6.30. The van der Waals surface area contributed by atoms with Gasteiger partial charge in [0.25, 0.3) is 0 Å². The minimum atomic E-state index is -0.0626. The topological polar surface area (TPSA) is 53.1 Å². The van der Waals surface area contributed by atoms with Gasteiger partial charge in [0.1, 0.15) is 11.9 Å². The van der Waals surface area contributed by atoms with Crippen molar-refractivity contribution in [2.45, 2.75) is 31.9 Å². The van der Waals surface area contributed by atoms with Crippen LogP contribution in [0.1, 0.15) is 42.3 Å². The molecule has 4 nitrogen and oxygen atoms in total. The monoisotopic (exact) mass is 291 g/mol. The fourth-order valence-corrected chi connectivity index (χ4v) is 2.94. The van der Waals surface area contributed by atoms with Gasteiger partial charge in [-0.25, -0.2) is 0 Å². The van der Waals surface area contributed by atoms with Crippen LogP contribution in [0.2, 0.25) is 5.02 Å². The van der Waals surface area contributed by atoms with Gasteiger partial charge in [-0.15, -0.1) is 0 Å². The lowest BCUT2D eigenvalue weighted by Gasteiger charge is -2.30. The molecule has 0 saturated carbocycles. The molecular weight excluding hydrogens is 274 g/mol. The van der Waals surface area contributed by atoms with Gasteiger partial charge in [-0.3, -0.25) is 4.68 Å². The van der Waals surface area contributed by atoms with Crippen LogP contribution in [0.4, 0.5) is 0 Å². The molecule has 5 heteroatoms. The molecular formula is C15H18ClN3O. The number of benzene rings is 1. The first-order valence-corrected chi connectivity index (χ1v) is 7.20. The molecule has 0 radical (unpaired) electrons. The number of ether oxygens (including phenoxy) is 1. The normalized spacial score (nSPS) is 21.4.